The van der Waals surface area contributed by atoms with E-state index in [2.05, 4.69) is 31.0 Å². The molecule has 14 heavy (non-hydrogen) atoms. The molecule has 1 aliphatic heterocycles. The Morgan fingerprint density at radius 1 is 1.21 bits per heavy atom. The van der Waals surface area contributed by atoms with Crippen LogP contribution in [0.25, 0.3) is 0 Å². The quantitative estimate of drug-likeness (QED) is 0.679. The molecular weight excluding hydrogens is 172 g/mol. The van der Waals surface area contributed by atoms with Gasteiger partial charge in [0.25, 0.3) is 0 Å². The largest absolute Gasteiger partial charge is 0.317 e. The van der Waals surface area contributed by atoms with Gasteiger partial charge in [-0.2, -0.15) is 0 Å². The number of rotatable bonds is 5. The summed E-state index contributed by atoms with van der Waals surface area (Å²) >= 11 is 0. The predicted molar refractivity (Wildman–Crippen MR) is 62.5 cm³/mol. The maximum Gasteiger partial charge on any atom is 0.000725 e. The molecule has 1 saturated heterocycles. The number of piperidine rings is 1. The highest BCUT2D eigenvalue weighted by Crippen LogP contribution is 2.20. The van der Waals surface area contributed by atoms with E-state index >= 15 is 0 Å². The summed E-state index contributed by atoms with van der Waals surface area (Å²) in [6.45, 7) is 13.1. The molecule has 2 nitrogen and oxygen atoms in total. The molecule has 0 bridgehead atoms. The zero-order chi connectivity index (χ0) is 10.4. The van der Waals surface area contributed by atoms with Gasteiger partial charge in [0, 0.05) is 13.1 Å². The highest BCUT2D eigenvalue weighted by Gasteiger charge is 2.20. The second-order valence-electron chi connectivity index (χ2n) is 4.91. The second-order valence-corrected chi connectivity index (χ2v) is 4.91. The number of nitrogens with zero attached hydrogens (tertiary/aromatic N) is 1. The standard InChI is InChI=1S/C12H26N2/c1-4-13-6-5-7-14-9-11(2)8-12(3)10-14/h11-13H,4-10H2,1-3H3. The minimum absolute atomic E-state index is 0.901. The van der Waals surface area contributed by atoms with Gasteiger partial charge in [-0.05, 0) is 44.3 Å². The third kappa shape index (κ3) is 4.43. The highest BCUT2D eigenvalue weighted by molar-refractivity contribution is 4.74. The van der Waals surface area contributed by atoms with Gasteiger partial charge in [-0.3, -0.25) is 0 Å². The van der Waals surface area contributed by atoms with E-state index in [0.717, 1.165) is 18.4 Å². The zero-order valence-electron chi connectivity index (χ0n) is 10.1. The molecule has 0 saturated carbocycles. The van der Waals surface area contributed by atoms with Gasteiger partial charge < -0.3 is 10.2 Å². The van der Waals surface area contributed by atoms with Crippen molar-refractivity contribution in [2.45, 2.75) is 33.6 Å². The van der Waals surface area contributed by atoms with E-state index in [-0.39, 0.29) is 0 Å². The fraction of sp³-hybridized carbons (Fsp3) is 1.00. The first-order valence-corrected chi connectivity index (χ1v) is 6.15. The Kier molecular flexibility index (Phi) is 5.49. The summed E-state index contributed by atoms with van der Waals surface area (Å²) in [4.78, 5) is 2.64. The fourth-order valence-electron chi connectivity index (χ4n) is 2.58. The van der Waals surface area contributed by atoms with E-state index in [9.17, 15) is 0 Å². The van der Waals surface area contributed by atoms with E-state index in [1.165, 1.54) is 39.0 Å². The van der Waals surface area contributed by atoms with Gasteiger partial charge >= 0.3 is 0 Å². The summed E-state index contributed by atoms with van der Waals surface area (Å²) < 4.78 is 0. The van der Waals surface area contributed by atoms with Gasteiger partial charge in [-0.25, -0.2) is 0 Å². The lowest BCUT2D eigenvalue weighted by atomic mass is 9.92. The van der Waals surface area contributed by atoms with Crippen LogP contribution in [0.15, 0.2) is 0 Å². The Bertz CT molecular complexity index is 137. The normalized spacial score (nSPS) is 29.4. The zero-order valence-corrected chi connectivity index (χ0v) is 10.1. The number of hydrogen-bond acceptors (Lipinski definition) is 2. The minimum atomic E-state index is 0.901. The molecule has 84 valence electrons. The molecule has 0 radical (unpaired) electrons. The third-order valence-corrected chi connectivity index (χ3v) is 3.02. The summed E-state index contributed by atoms with van der Waals surface area (Å²) in [5, 5.41) is 3.38. The topological polar surface area (TPSA) is 15.3 Å². The van der Waals surface area contributed by atoms with Crippen LogP contribution in [0.1, 0.15) is 33.6 Å². The molecule has 0 aromatic carbocycles. The van der Waals surface area contributed by atoms with Crippen molar-refractivity contribution in [3.63, 3.8) is 0 Å². The smallest absolute Gasteiger partial charge is 0.000725 e. The molecule has 0 spiro atoms. The molecule has 1 aliphatic rings. The lowest BCUT2D eigenvalue weighted by molar-refractivity contribution is 0.139. The van der Waals surface area contributed by atoms with E-state index in [0.29, 0.717) is 0 Å². The van der Waals surface area contributed by atoms with Crippen LogP contribution in [0, 0.1) is 11.8 Å². The Hall–Kier alpha value is -0.0800. The van der Waals surface area contributed by atoms with Gasteiger partial charge in [-0.15, -0.1) is 0 Å². The van der Waals surface area contributed by atoms with Crippen LogP contribution in [0.2, 0.25) is 0 Å². The predicted octanol–water partition coefficient (Wildman–Crippen LogP) is 1.96. The summed E-state index contributed by atoms with van der Waals surface area (Å²) in [6, 6.07) is 0. The average Bonchev–Trinajstić information content (AvgIpc) is 2.11. The Morgan fingerprint density at radius 3 is 2.43 bits per heavy atom. The van der Waals surface area contributed by atoms with Gasteiger partial charge in [0.2, 0.25) is 0 Å². The molecule has 1 N–H and O–H groups in total. The summed E-state index contributed by atoms with van der Waals surface area (Å²) in [5.74, 6) is 1.80. The average molecular weight is 198 g/mol. The third-order valence-electron chi connectivity index (χ3n) is 3.02. The molecule has 1 rings (SSSR count). The van der Waals surface area contributed by atoms with E-state index in [1.54, 1.807) is 0 Å². The number of nitrogens with one attached hydrogen (secondary N) is 1. The first kappa shape index (κ1) is 12.0. The molecule has 2 unspecified atom stereocenters. The molecule has 2 heteroatoms. The Morgan fingerprint density at radius 2 is 1.86 bits per heavy atom. The first-order chi connectivity index (χ1) is 6.72. The summed E-state index contributed by atoms with van der Waals surface area (Å²) in [7, 11) is 0. The molecular formula is C12H26N2. The molecule has 0 amide bonds. The van der Waals surface area contributed by atoms with Crippen molar-refractivity contribution in [3.05, 3.63) is 0 Å². The van der Waals surface area contributed by atoms with E-state index in [1.807, 2.05) is 0 Å². The van der Waals surface area contributed by atoms with E-state index < -0.39 is 0 Å². The van der Waals surface area contributed by atoms with Crippen molar-refractivity contribution in [1.82, 2.24) is 10.2 Å². The monoisotopic (exact) mass is 198 g/mol. The first-order valence-electron chi connectivity index (χ1n) is 6.15. The van der Waals surface area contributed by atoms with Crippen molar-refractivity contribution in [3.8, 4) is 0 Å². The lowest BCUT2D eigenvalue weighted by Crippen LogP contribution is -2.39. The molecule has 0 aromatic heterocycles. The summed E-state index contributed by atoms with van der Waals surface area (Å²) in [6.07, 6.45) is 2.72. The molecule has 1 fully saturated rings. The molecule has 0 aliphatic carbocycles. The lowest BCUT2D eigenvalue weighted by Gasteiger charge is -2.34. The number of hydrogen-bond donors (Lipinski definition) is 1. The molecule has 1 heterocycles. The van der Waals surface area contributed by atoms with Crippen LogP contribution in [0.4, 0.5) is 0 Å². The van der Waals surface area contributed by atoms with Gasteiger partial charge in [0.1, 0.15) is 0 Å². The van der Waals surface area contributed by atoms with Crippen LogP contribution in [0.3, 0.4) is 0 Å². The van der Waals surface area contributed by atoms with Gasteiger partial charge in [0.15, 0.2) is 0 Å². The Balaban J connectivity index is 2.10. The summed E-state index contributed by atoms with van der Waals surface area (Å²) in [5.41, 5.74) is 0. The Labute approximate surface area is 89.1 Å². The van der Waals surface area contributed by atoms with Crippen LogP contribution < -0.4 is 5.32 Å². The van der Waals surface area contributed by atoms with Crippen LogP contribution in [-0.2, 0) is 0 Å². The number of likely N-dealkylation sites (tertiary alicyclic amines) is 1. The molecule has 0 aromatic rings. The van der Waals surface area contributed by atoms with Crippen LogP contribution in [0.5, 0.6) is 0 Å². The van der Waals surface area contributed by atoms with Crippen molar-refractivity contribution in [2.24, 2.45) is 11.8 Å². The van der Waals surface area contributed by atoms with Gasteiger partial charge in [-0.1, -0.05) is 20.8 Å². The van der Waals surface area contributed by atoms with Crippen molar-refractivity contribution < 1.29 is 0 Å². The minimum Gasteiger partial charge on any atom is -0.317 e. The van der Waals surface area contributed by atoms with Crippen LogP contribution in [-0.4, -0.2) is 37.6 Å². The molecule has 2 atom stereocenters. The SMILES string of the molecule is CCNCCCN1CC(C)CC(C)C1. The van der Waals surface area contributed by atoms with Gasteiger partial charge in [0.05, 0.1) is 0 Å². The fourth-order valence-corrected chi connectivity index (χ4v) is 2.58. The van der Waals surface area contributed by atoms with E-state index in [4.69, 9.17) is 0 Å². The van der Waals surface area contributed by atoms with Crippen molar-refractivity contribution in [2.75, 3.05) is 32.7 Å². The van der Waals surface area contributed by atoms with Crippen molar-refractivity contribution >= 4 is 0 Å². The maximum atomic E-state index is 3.38. The second kappa shape index (κ2) is 6.41. The van der Waals surface area contributed by atoms with Crippen LogP contribution >= 0.6 is 0 Å². The highest BCUT2D eigenvalue weighted by atomic mass is 15.1. The maximum absolute atomic E-state index is 3.38. The van der Waals surface area contributed by atoms with Crippen molar-refractivity contribution in [1.29, 1.82) is 0 Å².